The Bertz CT molecular complexity index is 290. The van der Waals surface area contributed by atoms with Crippen LogP contribution in [0.3, 0.4) is 0 Å². The highest BCUT2D eigenvalue weighted by molar-refractivity contribution is 7.89. The molecule has 0 spiro atoms. The standard InChI is InChI=1S/C8H19N3O3S/c1-3-4-11(7-8(9)10)15(12,13)6-5-14-2/h3-7H2,1-2H3,(H3,9,10). The highest BCUT2D eigenvalue weighted by Crippen LogP contribution is 2.02. The summed E-state index contributed by atoms with van der Waals surface area (Å²) < 4.78 is 29.4. The van der Waals surface area contributed by atoms with Gasteiger partial charge in [-0.3, -0.25) is 5.41 Å². The van der Waals surface area contributed by atoms with Crippen LogP contribution in [0.1, 0.15) is 13.3 Å². The summed E-state index contributed by atoms with van der Waals surface area (Å²) in [6, 6.07) is 0. The first-order valence-corrected chi connectivity index (χ1v) is 6.34. The van der Waals surface area contributed by atoms with Gasteiger partial charge in [0.05, 0.1) is 18.9 Å². The van der Waals surface area contributed by atoms with E-state index in [1.807, 2.05) is 6.92 Å². The van der Waals surface area contributed by atoms with Crippen molar-refractivity contribution < 1.29 is 13.2 Å². The van der Waals surface area contributed by atoms with Crippen LogP contribution < -0.4 is 5.73 Å². The summed E-state index contributed by atoms with van der Waals surface area (Å²) >= 11 is 0. The molecule has 6 nitrogen and oxygen atoms in total. The molecule has 3 N–H and O–H groups in total. The van der Waals surface area contributed by atoms with Crippen LogP contribution in [0.25, 0.3) is 0 Å². The molecule has 0 amide bonds. The summed E-state index contributed by atoms with van der Waals surface area (Å²) in [6.07, 6.45) is 0.694. The number of nitrogens with two attached hydrogens (primary N) is 1. The van der Waals surface area contributed by atoms with Gasteiger partial charge >= 0.3 is 0 Å². The minimum atomic E-state index is -3.35. The van der Waals surface area contributed by atoms with Crippen LogP contribution in [0.2, 0.25) is 0 Å². The fourth-order valence-corrected chi connectivity index (χ4v) is 2.51. The molecule has 0 aromatic heterocycles. The number of hydrogen-bond acceptors (Lipinski definition) is 4. The highest BCUT2D eigenvalue weighted by Gasteiger charge is 2.21. The van der Waals surface area contributed by atoms with Crippen molar-refractivity contribution in [1.29, 1.82) is 5.41 Å². The summed E-state index contributed by atoms with van der Waals surface area (Å²) in [5.41, 5.74) is 5.19. The molecule has 0 radical (unpaired) electrons. The molecule has 7 heteroatoms. The van der Waals surface area contributed by atoms with Gasteiger partial charge in [-0.2, -0.15) is 4.31 Å². The Labute approximate surface area is 91.0 Å². The third-order valence-corrected chi connectivity index (χ3v) is 3.54. The summed E-state index contributed by atoms with van der Waals surface area (Å²) in [6.45, 7) is 2.37. The predicted octanol–water partition coefficient (Wildman–Crippen LogP) is -0.389. The van der Waals surface area contributed by atoms with Gasteiger partial charge in [-0.05, 0) is 6.42 Å². The molecule has 90 valence electrons. The molecule has 0 unspecified atom stereocenters. The fourth-order valence-electron chi connectivity index (χ4n) is 1.07. The molecular formula is C8H19N3O3S. The van der Waals surface area contributed by atoms with Gasteiger partial charge in [0.1, 0.15) is 5.84 Å². The number of nitrogens with one attached hydrogen (secondary N) is 1. The van der Waals surface area contributed by atoms with Gasteiger partial charge in [-0.15, -0.1) is 0 Å². The van der Waals surface area contributed by atoms with Crippen molar-refractivity contribution in [2.45, 2.75) is 13.3 Å². The summed E-state index contributed by atoms with van der Waals surface area (Å²) in [4.78, 5) is 0. The van der Waals surface area contributed by atoms with E-state index in [0.717, 1.165) is 0 Å². The molecule has 0 saturated heterocycles. The molecular weight excluding hydrogens is 218 g/mol. The van der Waals surface area contributed by atoms with Gasteiger partial charge in [-0.1, -0.05) is 6.92 Å². The Morgan fingerprint density at radius 3 is 2.53 bits per heavy atom. The van der Waals surface area contributed by atoms with Crippen LogP contribution in [0.5, 0.6) is 0 Å². The van der Waals surface area contributed by atoms with E-state index in [4.69, 9.17) is 15.9 Å². The fraction of sp³-hybridized carbons (Fsp3) is 0.875. The van der Waals surface area contributed by atoms with Gasteiger partial charge in [0.15, 0.2) is 0 Å². The molecule has 0 saturated carbocycles. The Morgan fingerprint density at radius 1 is 1.53 bits per heavy atom. The van der Waals surface area contributed by atoms with E-state index in [-0.39, 0.29) is 24.7 Å². The lowest BCUT2D eigenvalue weighted by molar-refractivity contribution is 0.215. The first-order chi connectivity index (χ1) is 6.94. The van der Waals surface area contributed by atoms with Crippen molar-refractivity contribution in [2.24, 2.45) is 5.73 Å². The Kier molecular flexibility index (Phi) is 6.46. The molecule has 0 atom stereocenters. The second kappa shape index (κ2) is 6.76. The van der Waals surface area contributed by atoms with Crippen molar-refractivity contribution in [3.8, 4) is 0 Å². The Morgan fingerprint density at radius 2 is 2.13 bits per heavy atom. The van der Waals surface area contributed by atoms with Crippen molar-refractivity contribution in [1.82, 2.24) is 4.31 Å². The number of amidine groups is 1. The molecule has 0 aromatic carbocycles. The topological polar surface area (TPSA) is 96.5 Å². The van der Waals surface area contributed by atoms with Gasteiger partial charge in [-0.25, -0.2) is 8.42 Å². The van der Waals surface area contributed by atoms with E-state index < -0.39 is 10.0 Å². The van der Waals surface area contributed by atoms with Crippen LogP contribution in [0.15, 0.2) is 0 Å². The number of ether oxygens (including phenoxy) is 1. The first kappa shape index (κ1) is 14.3. The van der Waals surface area contributed by atoms with Gasteiger partial charge < -0.3 is 10.5 Å². The lowest BCUT2D eigenvalue weighted by atomic mass is 10.4. The van der Waals surface area contributed by atoms with Crippen molar-refractivity contribution >= 4 is 15.9 Å². The quantitative estimate of drug-likeness (QED) is 0.444. The number of rotatable bonds is 8. The summed E-state index contributed by atoms with van der Waals surface area (Å²) in [5.74, 6) is -0.221. The van der Waals surface area contributed by atoms with E-state index in [2.05, 4.69) is 0 Å². The first-order valence-electron chi connectivity index (χ1n) is 4.73. The number of hydrogen-bond donors (Lipinski definition) is 2. The Hall–Kier alpha value is -0.660. The van der Waals surface area contributed by atoms with Gasteiger partial charge in [0, 0.05) is 13.7 Å². The van der Waals surface area contributed by atoms with Crippen molar-refractivity contribution in [3.05, 3.63) is 0 Å². The van der Waals surface area contributed by atoms with E-state index >= 15 is 0 Å². The highest BCUT2D eigenvalue weighted by atomic mass is 32.2. The maximum Gasteiger partial charge on any atom is 0.216 e. The molecule has 0 bridgehead atoms. The number of methoxy groups -OCH3 is 1. The molecule has 0 aromatic rings. The average Bonchev–Trinajstić information content (AvgIpc) is 2.13. The number of nitrogens with zero attached hydrogens (tertiary/aromatic N) is 1. The van der Waals surface area contributed by atoms with Crippen molar-refractivity contribution in [3.63, 3.8) is 0 Å². The monoisotopic (exact) mass is 237 g/mol. The second-order valence-corrected chi connectivity index (χ2v) is 5.26. The van der Waals surface area contributed by atoms with Crippen LogP contribution in [-0.2, 0) is 14.8 Å². The molecule has 0 aliphatic heterocycles. The average molecular weight is 237 g/mol. The SMILES string of the molecule is CCCN(CC(=N)N)S(=O)(=O)CCOC. The van der Waals surface area contributed by atoms with Gasteiger partial charge in [0.25, 0.3) is 0 Å². The molecule has 0 heterocycles. The number of sulfonamides is 1. The van der Waals surface area contributed by atoms with Gasteiger partial charge in [0.2, 0.25) is 10.0 Å². The normalized spacial score (nSPS) is 11.9. The molecule has 15 heavy (non-hydrogen) atoms. The lowest BCUT2D eigenvalue weighted by Gasteiger charge is -2.20. The third-order valence-electron chi connectivity index (χ3n) is 1.76. The zero-order valence-electron chi connectivity index (χ0n) is 9.19. The van der Waals surface area contributed by atoms with Crippen LogP contribution in [-0.4, -0.2) is 51.1 Å². The lowest BCUT2D eigenvalue weighted by Crippen LogP contribution is -2.40. The molecule has 0 rings (SSSR count). The largest absolute Gasteiger partial charge is 0.387 e. The van der Waals surface area contributed by atoms with E-state index in [0.29, 0.717) is 13.0 Å². The molecule has 0 aliphatic carbocycles. The zero-order chi connectivity index (χ0) is 11.9. The maximum absolute atomic E-state index is 11.7. The smallest absolute Gasteiger partial charge is 0.216 e. The van der Waals surface area contributed by atoms with Crippen LogP contribution in [0, 0.1) is 5.41 Å². The molecule has 0 aliphatic rings. The Balaban J connectivity index is 4.51. The minimum Gasteiger partial charge on any atom is -0.387 e. The third kappa shape index (κ3) is 5.71. The summed E-state index contributed by atoms with van der Waals surface area (Å²) in [7, 11) is -1.91. The van der Waals surface area contributed by atoms with E-state index in [1.165, 1.54) is 11.4 Å². The second-order valence-electron chi connectivity index (χ2n) is 3.17. The molecule has 0 fully saturated rings. The predicted molar refractivity (Wildman–Crippen MR) is 59.4 cm³/mol. The van der Waals surface area contributed by atoms with E-state index in [9.17, 15) is 8.42 Å². The summed E-state index contributed by atoms with van der Waals surface area (Å²) in [5, 5.41) is 7.10. The van der Waals surface area contributed by atoms with Crippen LogP contribution >= 0.6 is 0 Å². The van der Waals surface area contributed by atoms with Crippen LogP contribution in [0.4, 0.5) is 0 Å². The maximum atomic E-state index is 11.7. The minimum absolute atomic E-state index is 0.0418. The van der Waals surface area contributed by atoms with E-state index in [1.54, 1.807) is 0 Å². The van der Waals surface area contributed by atoms with Crippen molar-refractivity contribution in [2.75, 3.05) is 32.6 Å². The zero-order valence-corrected chi connectivity index (χ0v) is 10.0.